The largest absolute Gasteiger partial charge is 0.338 e. The molecule has 2 unspecified atom stereocenters. The predicted octanol–water partition coefficient (Wildman–Crippen LogP) is 2.23. The zero-order valence-electron chi connectivity index (χ0n) is 9.90. The monoisotopic (exact) mass is 252 g/mol. The Balaban J connectivity index is 1.81. The number of likely N-dealkylation sites (tertiary alicyclic amines) is 1. The average molecular weight is 252 g/mol. The molecule has 96 valence electrons. The van der Waals surface area contributed by atoms with E-state index in [0.717, 1.165) is 19.0 Å². The van der Waals surface area contributed by atoms with Gasteiger partial charge in [-0.3, -0.25) is 4.79 Å². The van der Waals surface area contributed by atoms with Crippen LogP contribution in [0.4, 0.5) is 8.78 Å². The number of rotatable bonds is 1. The fourth-order valence-electron chi connectivity index (χ4n) is 3.15. The molecule has 1 saturated carbocycles. The summed E-state index contributed by atoms with van der Waals surface area (Å²) < 4.78 is 26.5. The lowest BCUT2D eigenvalue weighted by Gasteiger charge is -2.17. The second-order valence-corrected chi connectivity index (χ2v) is 5.12. The molecule has 0 N–H and O–H groups in total. The van der Waals surface area contributed by atoms with Crippen molar-refractivity contribution >= 4 is 5.91 Å². The molecule has 2 fully saturated rings. The minimum absolute atomic E-state index is 0.206. The van der Waals surface area contributed by atoms with E-state index in [2.05, 4.69) is 4.98 Å². The van der Waals surface area contributed by atoms with Gasteiger partial charge in [-0.15, -0.1) is 0 Å². The van der Waals surface area contributed by atoms with Gasteiger partial charge in [0.1, 0.15) is 0 Å². The molecule has 3 rings (SSSR count). The van der Waals surface area contributed by atoms with Crippen LogP contribution in [0.25, 0.3) is 0 Å². The quantitative estimate of drug-likeness (QED) is 0.718. The molecule has 1 aliphatic carbocycles. The lowest BCUT2D eigenvalue weighted by molar-refractivity contribution is 0.0774. The highest BCUT2D eigenvalue weighted by Crippen LogP contribution is 2.38. The van der Waals surface area contributed by atoms with Crippen molar-refractivity contribution in [3.63, 3.8) is 0 Å². The van der Waals surface area contributed by atoms with E-state index in [9.17, 15) is 13.6 Å². The van der Waals surface area contributed by atoms with Gasteiger partial charge in [-0.2, -0.15) is 4.39 Å². The third kappa shape index (κ3) is 1.78. The average Bonchev–Trinajstić information content (AvgIpc) is 2.92. The van der Waals surface area contributed by atoms with E-state index in [-0.39, 0.29) is 5.56 Å². The van der Waals surface area contributed by atoms with Crippen LogP contribution in [0.15, 0.2) is 12.3 Å². The highest BCUT2D eigenvalue weighted by molar-refractivity contribution is 5.94. The van der Waals surface area contributed by atoms with Crippen LogP contribution >= 0.6 is 0 Å². The van der Waals surface area contributed by atoms with Crippen LogP contribution in [0, 0.1) is 23.6 Å². The molecule has 1 aliphatic heterocycles. The standard InChI is InChI=1S/C13H14F2N2O/c14-11-10(4-5-16-12(11)15)13(18)17-6-8-2-1-3-9(8)7-17/h4-5,8-9H,1-3,6-7H2. The van der Waals surface area contributed by atoms with E-state index in [0.29, 0.717) is 24.9 Å². The summed E-state index contributed by atoms with van der Waals surface area (Å²) in [7, 11) is 0. The second-order valence-electron chi connectivity index (χ2n) is 5.12. The topological polar surface area (TPSA) is 33.2 Å². The van der Waals surface area contributed by atoms with Crippen LogP contribution in [-0.4, -0.2) is 28.9 Å². The first-order valence-corrected chi connectivity index (χ1v) is 6.26. The first kappa shape index (κ1) is 11.6. The zero-order chi connectivity index (χ0) is 12.7. The van der Waals surface area contributed by atoms with Crippen molar-refractivity contribution in [1.82, 2.24) is 9.88 Å². The van der Waals surface area contributed by atoms with Crippen LogP contribution in [-0.2, 0) is 0 Å². The van der Waals surface area contributed by atoms with Gasteiger partial charge in [0.2, 0.25) is 5.95 Å². The van der Waals surface area contributed by atoms with Crippen LogP contribution < -0.4 is 0 Å². The Morgan fingerprint density at radius 1 is 1.28 bits per heavy atom. The van der Waals surface area contributed by atoms with E-state index in [4.69, 9.17) is 0 Å². The van der Waals surface area contributed by atoms with E-state index >= 15 is 0 Å². The van der Waals surface area contributed by atoms with E-state index in [1.807, 2.05) is 0 Å². The number of pyridine rings is 1. The van der Waals surface area contributed by atoms with Crippen LogP contribution in [0.5, 0.6) is 0 Å². The SMILES string of the molecule is O=C(c1ccnc(F)c1F)N1CC2CCCC2C1. The van der Waals surface area contributed by atoms with Gasteiger partial charge in [0.05, 0.1) is 5.56 Å². The molecule has 1 aromatic rings. The Labute approximate surface area is 104 Å². The summed E-state index contributed by atoms with van der Waals surface area (Å²) in [5, 5.41) is 0. The second kappa shape index (κ2) is 4.30. The smallest absolute Gasteiger partial charge is 0.257 e. The van der Waals surface area contributed by atoms with Crippen molar-refractivity contribution < 1.29 is 13.6 Å². The van der Waals surface area contributed by atoms with Crippen molar-refractivity contribution in [2.75, 3.05) is 13.1 Å². The van der Waals surface area contributed by atoms with Crippen molar-refractivity contribution in [2.24, 2.45) is 11.8 Å². The number of carbonyl (C=O) groups excluding carboxylic acids is 1. The highest BCUT2D eigenvalue weighted by atomic mass is 19.2. The molecule has 18 heavy (non-hydrogen) atoms. The molecule has 3 nitrogen and oxygen atoms in total. The molecule has 1 aromatic heterocycles. The van der Waals surface area contributed by atoms with Crippen LogP contribution in [0.1, 0.15) is 29.6 Å². The summed E-state index contributed by atoms with van der Waals surface area (Å²) in [6.45, 7) is 1.35. The summed E-state index contributed by atoms with van der Waals surface area (Å²) in [6.07, 6.45) is 4.63. The molecule has 2 atom stereocenters. The molecule has 0 aromatic carbocycles. The van der Waals surface area contributed by atoms with E-state index in [1.54, 1.807) is 4.90 Å². The number of halogens is 2. The minimum atomic E-state index is -1.21. The minimum Gasteiger partial charge on any atom is -0.338 e. The summed E-state index contributed by atoms with van der Waals surface area (Å²) >= 11 is 0. The highest BCUT2D eigenvalue weighted by Gasteiger charge is 2.38. The molecule has 0 spiro atoms. The number of aromatic nitrogens is 1. The molecule has 0 bridgehead atoms. The first-order chi connectivity index (χ1) is 8.66. The maximum absolute atomic E-state index is 13.5. The molecule has 0 radical (unpaired) electrons. The molecule has 1 amide bonds. The van der Waals surface area contributed by atoms with Crippen molar-refractivity contribution in [1.29, 1.82) is 0 Å². The van der Waals surface area contributed by atoms with Gasteiger partial charge < -0.3 is 4.90 Å². The number of hydrogen-bond acceptors (Lipinski definition) is 2. The third-order valence-corrected chi connectivity index (χ3v) is 4.09. The normalized spacial score (nSPS) is 26.4. The summed E-state index contributed by atoms with van der Waals surface area (Å²) in [6, 6.07) is 1.24. The molecular weight excluding hydrogens is 238 g/mol. The predicted molar refractivity (Wildman–Crippen MR) is 60.9 cm³/mol. The lowest BCUT2D eigenvalue weighted by atomic mass is 10.0. The van der Waals surface area contributed by atoms with Crippen molar-refractivity contribution in [3.05, 3.63) is 29.6 Å². The van der Waals surface area contributed by atoms with Gasteiger partial charge in [0.25, 0.3) is 5.91 Å². The van der Waals surface area contributed by atoms with Crippen molar-refractivity contribution in [3.8, 4) is 0 Å². The number of nitrogens with zero attached hydrogens (tertiary/aromatic N) is 2. The van der Waals surface area contributed by atoms with Crippen LogP contribution in [0.2, 0.25) is 0 Å². The van der Waals surface area contributed by atoms with Gasteiger partial charge in [-0.05, 0) is 30.7 Å². The number of fused-ring (bicyclic) bond motifs is 1. The first-order valence-electron chi connectivity index (χ1n) is 6.26. The maximum Gasteiger partial charge on any atom is 0.257 e. The molecule has 5 heteroatoms. The number of amides is 1. The fourth-order valence-corrected chi connectivity index (χ4v) is 3.15. The molecule has 2 heterocycles. The zero-order valence-corrected chi connectivity index (χ0v) is 9.90. The van der Waals surface area contributed by atoms with Gasteiger partial charge in [0, 0.05) is 19.3 Å². The lowest BCUT2D eigenvalue weighted by Crippen LogP contribution is -2.30. The Kier molecular flexibility index (Phi) is 2.76. The van der Waals surface area contributed by atoms with Gasteiger partial charge in [-0.1, -0.05) is 6.42 Å². The Morgan fingerprint density at radius 3 is 2.61 bits per heavy atom. The summed E-state index contributed by atoms with van der Waals surface area (Å²) in [4.78, 5) is 17.0. The Morgan fingerprint density at radius 2 is 1.94 bits per heavy atom. The number of carbonyl (C=O) groups is 1. The summed E-state index contributed by atoms with van der Waals surface area (Å²) in [5.74, 6) is -1.67. The van der Waals surface area contributed by atoms with Gasteiger partial charge in [0.15, 0.2) is 5.82 Å². The third-order valence-electron chi connectivity index (χ3n) is 4.09. The summed E-state index contributed by atoms with van der Waals surface area (Å²) in [5.41, 5.74) is -0.206. The van der Waals surface area contributed by atoms with E-state index < -0.39 is 17.7 Å². The molecular formula is C13H14F2N2O. The molecule has 2 aliphatic rings. The van der Waals surface area contributed by atoms with Crippen molar-refractivity contribution in [2.45, 2.75) is 19.3 Å². The maximum atomic E-state index is 13.5. The van der Waals surface area contributed by atoms with Gasteiger partial charge in [-0.25, -0.2) is 9.37 Å². The van der Waals surface area contributed by atoms with Gasteiger partial charge >= 0.3 is 0 Å². The Hall–Kier alpha value is -1.52. The van der Waals surface area contributed by atoms with Crippen LogP contribution in [0.3, 0.4) is 0 Å². The van der Waals surface area contributed by atoms with E-state index in [1.165, 1.54) is 12.5 Å². The Bertz CT molecular complexity index is 480. The molecule has 1 saturated heterocycles. The number of hydrogen-bond donors (Lipinski definition) is 0. The fraction of sp³-hybridized carbons (Fsp3) is 0.538.